The van der Waals surface area contributed by atoms with Gasteiger partial charge in [0.25, 0.3) is 0 Å². The lowest BCUT2D eigenvalue weighted by molar-refractivity contribution is -0.127. The maximum absolute atomic E-state index is 11.8. The summed E-state index contributed by atoms with van der Waals surface area (Å²) in [5.74, 6) is 0.111. The fourth-order valence-corrected chi connectivity index (χ4v) is 1.89. The Morgan fingerprint density at radius 2 is 2.00 bits per heavy atom. The predicted octanol–water partition coefficient (Wildman–Crippen LogP) is 1.88. The van der Waals surface area contributed by atoms with Gasteiger partial charge in [-0.15, -0.1) is 0 Å². The van der Waals surface area contributed by atoms with Gasteiger partial charge < -0.3 is 15.5 Å². The zero-order valence-electron chi connectivity index (χ0n) is 11.7. The molecule has 1 amide bonds. The van der Waals surface area contributed by atoms with Crippen LogP contribution in [0.3, 0.4) is 0 Å². The number of likely N-dealkylation sites (N-methyl/N-ethyl adjacent to an activating group) is 1. The summed E-state index contributed by atoms with van der Waals surface area (Å²) >= 11 is 0. The summed E-state index contributed by atoms with van der Waals surface area (Å²) in [7, 11) is 3.56. The van der Waals surface area contributed by atoms with Crippen molar-refractivity contribution in [3.8, 4) is 0 Å². The molecule has 0 aromatic heterocycles. The van der Waals surface area contributed by atoms with E-state index in [1.807, 2.05) is 25.1 Å². The predicted molar refractivity (Wildman–Crippen MR) is 76.8 cm³/mol. The van der Waals surface area contributed by atoms with Crippen molar-refractivity contribution in [2.75, 3.05) is 37.8 Å². The summed E-state index contributed by atoms with van der Waals surface area (Å²) in [6, 6.07) is 5.81. The first kappa shape index (κ1) is 14.4. The third-order valence-electron chi connectivity index (χ3n) is 2.88. The van der Waals surface area contributed by atoms with E-state index in [1.54, 1.807) is 19.0 Å². The van der Waals surface area contributed by atoms with Gasteiger partial charge in [-0.3, -0.25) is 4.79 Å². The first-order valence-electron chi connectivity index (χ1n) is 6.27. The summed E-state index contributed by atoms with van der Waals surface area (Å²) in [5, 5.41) is 0. The molecular weight excluding hydrogens is 226 g/mol. The van der Waals surface area contributed by atoms with Crippen LogP contribution in [0.1, 0.15) is 18.9 Å². The van der Waals surface area contributed by atoms with Gasteiger partial charge in [0.1, 0.15) is 0 Å². The van der Waals surface area contributed by atoms with Crippen LogP contribution >= 0.6 is 0 Å². The molecule has 0 atom stereocenters. The topological polar surface area (TPSA) is 49.6 Å². The van der Waals surface area contributed by atoms with E-state index >= 15 is 0 Å². The average Bonchev–Trinajstić information content (AvgIpc) is 2.28. The molecule has 18 heavy (non-hydrogen) atoms. The zero-order valence-corrected chi connectivity index (χ0v) is 11.7. The molecule has 4 heteroatoms. The Morgan fingerprint density at radius 3 is 2.50 bits per heavy atom. The van der Waals surface area contributed by atoms with Crippen molar-refractivity contribution in [3.05, 3.63) is 23.8 Å². The highest BCUT2D eigenvalue weighted by Crippen LogP contribution is 2.22. The number of anilines is 2. The number of benzene rings is 1. The van der Waals surface area contributed by atoms with Gasteiger partial charge >= 0.3 is 0 Å². The van der Waals surface area contributed by atoms with E-state index in [0.717, 1.165) is 29.9 Å². The minimum Gasteiger partial charge on any atom is -0.399 e. The summed E-state index contributed by atoms with van der Waals surface area (Å²) in [6.07, 6.45) is 1.00. The van der Waals surface area contributed by atoms with Crippen LogP contribution in [0.25, 0.3) is 0 Å². The van der Waals surface area contributed by atoms with Crippen molar-refractivity contribution in [1.82, 2.24) is 4.90 Å². The quantitative estimate of drug-likeness (QED) is 0.811. The Bertz CT molecular complexity index is 416. The Kier molecular flexibility index (Phi) is 5.01. The fraction of sp³-hybridized carbons (Fsp3) is 0.500. The Labute approximate surface area is 109 Å². The van der Waals surface area contributed by atoms with Crippen LogP contribution in [-0.4, -0.2) is 38.0 Å². The second kappa shape index (κ2) is 6.28. The molecule has 4 nitrogen and oxygen atoms in total. The van der Waals surface area contributed by atoms with E-state index in [-0.39, 0.29) is 5.91 Å². The van der Waals surface area contributed by atoms with Gasteiger partial charge in [0, 0.05) is 32.0 Å². The molecule has 0 heterocycles. The Hall–Kier alpha value is -1.71. The maximum atomic E-state index is 11.8. The molecule has 0 aliphatic carbocycles. The lowest BCUT2D eigenvalue weighted by Crippen LogP contribution is -2.37. The second-order valence-electron chi connectivity index (χ2n) is 4.76. The van der Waals surface area contributed by atoms with Crippen molar-refractivity contribution in [3.63, 3.8) is 0 Å². The van der Waals surface area contributed by atoms with Gasteiger partial charge in [0.05, 0.1) is 6.54 Å². The summed E-state index contributed by atoms with van der Waals surface area (Å²) in [5.41, 5.74) is 8.70. The van der Waals surface area contributed by atoms with E-state index in [4.69, 9.17) is 5.73 Å². The van der Waals surface area contributed by atoms with Gasteiger partial charge in [-0.1, -0.05) is 6.92 Å². The number of amides is 1. The van der Waals surface area contributed by atoms with E-state index in [9.17, 15) is 4.79 Å². The van der Waals surface area contributed by atoms with Crippen molar-refractivity contribution in [2.24, 2.45) is 0 Å². The normalized spacial score (nSPS) is 10.2. The number of nitrogens with zero attached hydrogens (tertiary/aromatic N) is 2. The molecular formula is C14H23N3O. The van der Waals surface area contributed by atoms with Crippen LogP contribution in [-0.2, 0) is 4.79 Å². The van der Waals surface area contributed by atoms with E-state index in [0.29, 0.717) is 6.54 Å². The third-order valence-corrected chi connectivity index (χ3v) is 2.88. The highest BCUT2D eigenvalue weighted by molar-refractivity contribution is 5.81. The van der Waals surface area contributed by atoms with Gasteiger partial charge in [-0.2, -0.15) is 0 Å². The van der Waals surface area contributed by atoms with E-state index in [1.165, 1.54) is 0 Å². The van der Waals surface area contributed by atoms with Crippen molar-refractivity contribution in [1.29, 1.82) is 0 Å². The number of aryl methyl sites for hydroxylation is 1. The third kappa shape index (κ3) is 3.65. The molecule has 0 spiro atoms. The molecule has 2 N–H and O–H groups in total. The Balaban J connectivity index is 2.93. The first-order valence-corrected chi connectivity index (χ1v) is 6.27. The monoisotopic (exact) mass is 249 g/mol. The molecule has 100 valence electrons. The van der Waals surface area contributed by atoms with Crippen LogP contribution < -0.4 is 10.6 Å². The molecule has 0 saturated carbocycles. The van der Waals surface area contributed by atoms with Gasteiger partial charge in [0.2, 0.25) is 5.91 Å². The minimum atomic E-state index is 0.111. The lowest BCUT2D eigenvalue weighted by atomic mass is 10.1. The molecule has 0 saturated heterocycles. The van der Waals surface area contributed by atoms with Crippen LogP contribution in [0, 0.1) is 6.92 Å². The van der Waals surface area contributed by atoms with Crippen LogP contribution in [0.5, 0.6) is 0 Å². The number of rotatable bonds is 5. The van der Waals surface area contributed by atoms with Crippen LogP contribution in [0.4, 0.5) is 11.4 Å². The fourth-order valence-electron chi connectivity index (χ4n) is 1.89. The number of hydrogen-bond acceptors (Lipinski definition) is 3. The standard InChI is InChI=1S/C14H23N3O/c1-5-8-17(10-14(18)16(3)4)13-7-6-12(15)9-11(13)2/h6-7,9H,5,8,10,15H2,1-4H3. The summed E-state index contributed by atoms with van der Waals surface area (Å²) in [4.78, 5) is 15.6. The number of nitrogen functional groups attached to an aromatic ring is 1. The lowest BCUT2D eigenvalue weighted by Gasteiger charge is -2.27. The van der Waals surface area contributed by atoms with E-state index < -0.39 is 0 Å². The van der Waals surface area contributed by atoms with Crippen molar-refractivity contribution < 1.29 is 4.79 Å². The first-order chi connectivity index (χ1) is 8.45. The number of hydrogen-bond donors (Lipinski definition) is 1. The zero-order chi connectivity index (χ0) is 13.7. The molecule has 0 aliphatic rings. The molecule has 0 bridgehead atoms. The average molecular weight is 249 g/mol. The molecule has 1 aromatic rings. The smallest absolute Gasteiger partial charge is 0.241 e. The van der Waals surface area contributed by atoms with Gasteiger partial charge in [-0.05, 0) is 37.1 Å². The molecule has 0 fully saturated rings. The Morgan fingerprint density at radius 1 is 1.33 bits per heavy atom. The molecule has 1 rings (SSSR count). The van der Waals surface area contributed by atoms with Crippen molar-refractivity contribution >= 4 is 17.3 Å². The SMILES string of the molecule is CCCN(CC(=O)N(C)C)c1ccc(N)cc1C. The molecule has 0 radical (unpaired) electrons. The van der Waals surface area contributed by atoms with E-state index in [2.05, 4.69) is 11.8 Å². The van der Waals surface area contributed by atoms with Crippen LogP contribution in [0.15, 0.2) is 18.2 Å². The van der Waals surface area contributed by atoms with Gasteiger partial charge in [0.15, 0.2) is 0 Å². The number of carbonyl (C=O) groups is 1. The second-order valence-corrected chi connectivity index (χ2v) is 4.76. The summed E-state index contributed by atoms with van der Waals surface area (Å²) < 4.78 is 0. The van der Waals surface area contributed by atoms with Crippen LogP contribution in [0.2, 0.25) is 0 Å². The summed E-state index contributed by atoms with van der Waals surface area (Å²) in [6.45, 7) is 5.41. The minimum absolute atomic E-state index is 0.111. The van der Waals surface area contributed by atoms with Gasteiger partial charge in [-0.25, -0.2) is 0 Å². The number of nitrogens with two attached hydrogens (primary N) is 1. The largest absolute Gasteiger partial charge is 0.399 e. The highest BCUT2D eigenvalue weighted by atomic mass is 16.2. The molecule has 1 aromatic carbocycles. The molecule has 0 unspecified atom stereocenters. The molecule has 0 aliphatic heterocycles. The number of carbonyl (C=O) groups excluding carboxylic acids is 1. The maximum Gasteiger partial charge on any atom is 0.241 e. The highest BCUT2D eigenvalue weighted by Gasteiger charge is 2.14. The van der Waals surface area contributed by atoms with Crippen molar-refractivity contribution in [2.45, 2.75) is 20.3 Å².